The van der Waals surface area contributed by atoms with Crippen molar-refractivity contribution in [3.8, 4) is 0 Å². The Bertz CT molecular complexity index is 593. The molecule has 2 heterocycles. The third-order valence-corrected chi connectivity index (χ3v) is 5.34. The van der Waals surface area contributed by atoms with Crippen molar-refractivity contribution in [1.29, 1.82) is 0 Å². The van der Waals surface area contributed by atoms with E-state index in [1.807, 2.05) is 36.2 Å². The topological polar surface area (TPSA) is 47.0 Å². The molecule has 0 amide bonds. The molecule has 1 atom stereocenters. The van der Waals surface area contributed by atoms with Crippen LogP contribution in [0.3, 0.4) is 0 Å². The molecule has 1 aromatic rings. The maximum Gasteiger partial charge on any atom is 0.403 e. The van der Waals surface area contributed by atoms with Crippen LogP contribution in [0.4, 0.5) is 18.3 Å². The van der Waals surface area contributed by atoms with Crippen molar-refractivity contribution in [2.75, 3.05) is 51.7 Å². The zero-order valence-electron chi connectivity index (χ0n) is 15.7. The van der Waals surface area contributed by atoms with E-state index in [1.165, 1.54) is 11.8 Å². The van der Waals surface area contributed by atoms with E-state index in [9.17, 15) is 13.2 Å². The zero-order chi connectivity index (χ0) is 19.3. The van der Waals surface area contributed by atoms with Crippen molar-refractivity contribution < 1.29 is 13.2 Å². The van der Waals surface area contributed by atoms with Crippen molar-refractivity contribution >= 4 is 22.4 Å². The molecule has 0 bridgehead atoms. The molecule has 10 heteroatoms. The number of guanidine groups is 1. The van der Waals surface area contributed by atoms with Crippen LogP contribution in [0, 0.1) is 0 Å². The summed E-state index contributed by atoms with van der Waals surface area (Å²) in [6.07, 6.45) is -4.18. The van der Waals surface area contributed by atoms with Gasteiger partial charge in [0.15, 0.2) is 11.1 Å². The Kier molecular flexibility index (Phi) is 7.10. The Morgan fingerprint density at radius 2 is 2.00 bits per heavy atom. The molecule has 2 rings (SSSR count). The molecule has 1 aliphatic rings. The minimum atomic E-state index is -4.18. The molecule has 1 saturated heterocycles. The summed E-state index contributed by atoms with van der Waals surface area (Å²) in [6.45, 7) is 6.13. The normalized spacial score (nSPS) is 18.1. The van der Waals surface area contributed by atoms with Crippen LogP contribution in [-0.4, -0.2) is 79.8 Å². The number of aliphatic imine (C=N–C) groups is 1. The van der Waals surface area contributed by atoms with Crippen molar-refractivity contribution in [2.24, 2.45) is 4.99 Å². The maximum atomic E-state index is 12.9. The molecule has 26 heavy (non-hydrogen) atoms. The lowest BCUT2D eigenvalue weighted by atomic mass is 10.2. The molecule has 1 N–H and O–H groups in total. The summed E-state index contributed by atoms with van der Waals surface area (Å²) in [7, 11) is 3.88. The van der Waals surface area contributed by atoms with Gasteiger partial charge in [-0.3, -0.25) is 4.90 Å². The Labute approximate surface area is 156 Å². The molecule has 0 spiro atoms. The van der Waals surface area contributed by atoms with Crippen molar-refractivity contribution in [3.63, 3.8) is 0 Å². The van der Waals surface area contributed by atoms with E-state index in [0.29, 0.717) is 39.3 Å². The predicted molar refractivity (Wildman–Crippen MR) is 99.9 cm³/mol. The third-order valence-electron chi connectivity index (χ3n) is 4.28. The molecule has 1 unspecified atom stereocenters. The number of rotatable bonds is 5. The van der Waals surface area contributed by atoms with Crippen LogP contribution in [-0.2, 0) is 6.54 Å². The van der Waals surface area contributed by atoms with Gasteiger partial charge in [-0.2, -0.15) is 13.2 Å². The highest BCUT2D eigenvalue weighted by molar-refractivity contribution is 7.13. The van der Waals surface area contributed by atoms with E-state index in [0.717, 1.165) is 16.8 Å². The predicted octanol–water partition coefficient (Wildman–Crippen LogP) is 2.24. The Morgan fingerprint density at radius 1 is 1.35 bits per heavy atom. The number of hydrogen-bond donors (Lipinski definition) is 1. The summed E-state index contributed by atoms with van der Waals surface area (Å²) in [5, 5.41) is 6.13. The van der Waals surface area contributed by atoms with Crippen LogP contribution in [0.25, 0.3) is 0 Å². The molecule has 1 fully saturated rings. The average Bonchev–Trinajstić information content (AvgIpc) is 3.06. The fraction of sp³-hybridized carbons (Fsp3) is 0.750. The van der Waals surface area contributed by atoms with Crippen LogP contribution >= 0.6 is 11.3 Å². The quantitative estimate of drug-likeness (QED) is 0.615. The highest BCUT2D eigenvalue weighted by Crippen LogP contribution is 2.25. The van der Waals surface area contributed by atoms with Gasteiger partial charge in [0.1, 0.15) is 6.04 Å². The number of hydrogen-bond acceptors (Lipinski definition) is 5. The summed E-state index contributed by atoms with van der Waals surface area (Å²) in [5.41, 5.74) is 0.887. The monoisotopic (exact) mass is 392 g/mol. The second-order valence-electron chi connectivity index (χ2n) is 6.43. The first-order valence-electron chi connectivity index (χ1n) is 8.68. The second-order valence-corrected chi connectivity index (χ2v) is 7.26. The summed E-state index contributed by atoms with van der Waals surface area (Å²) in [4.78, 5) is 14.6. The van der Waals surface area contributed by atoms with Gasteiger partial charge < -0.3 is 15.1 Å². The largest absolute Gasteiger partial charge is 0.403 e. The molecule has 0 radical (unpaired) electrons. The minimum Gasteiger partial charge on any atom is -0.357 e. The number of halogens is 3. The molecule has 1 aromatic heterocycles. The van der Waals surface area contributed by atoms with Gasteiger partial charge in [-0.05, 0) is 13.8 Å². The highest BCUT2D eigenvalue weighted by Gasteiger charge is 2.41. The lowest BCUT2D eigenvalue weighted by molar-refractivity contribution is -0.181. The summed E-state index contributed by atoms with van der Waals surface area (Å²) in [5.74, 6) is 0.728. The molecular formula is C16H27F3N6S. The van der Waals surface area contributed by atoms with Gasteiger partial charge in [0, 0.05) is 52.2 Å². The number of piperazine rings is 1. The summed E-state index contributed by atoms with van der Waals surface area (Å²) in [6, 6.07) is -1.41. The van der Waals surface area contributed by atoms with Crippen LogP contribution in [0.15, 0.2) is 10.4 Å². The number of aromatic nitrogens is 1. The fourth-order valence-corrected chi connectivity index (χ4v) is 3.43. The molecule has 148 valence electrons. The first kappa shape index (κ1) is 20.8. The SMILES string of the molecule is CCNC(=NCc1csc(N(C)C)n1)N1CCN(C(C)C(F)(F)F)CC1. The number of thiazole rings is 1. The van der Waals surface area contributed by atoms with Gasteiger partial charge in [0.05, 0.1) is 12.2 Å². The molecule has 0 saturated carbocycles. The standard InChI is InChI=1S/C16H27F3N6S/c1-5-20-14(21-10-13-11-26-15(22-13)23(3)4)25-8-6-24(7-9-25)12(2)16(17,18)19/h11-12H,5-10H2,1-4H3,(H,20,21). The van der Waals surface area contributed by atoms with Crippen LogP contribution < -0.4 is 10.2 Å². The van der Waals surface area contributed by atoms with Crippen LogP contribution in [0.5, 0.6) is 0 Å². The minimum absolute atomic E-state index is 0.368. The number of nitrogens with one attached hydrogen (secondary N) is 1. The summed E-state index contributed by atoms with van der Waals surface area (Å²) < 4.78 is 38.6. The molecular weight excluding hydrogens is 365 g/mol. The average molecular weight is 392 g/mol. The molecule has 0 aliphatic carbocycles. The number of nitrogens with zero attached hydrogens (tertiary/aromatic N) is 5. The fourth-order valence-electron chi connectivity index (χ4n) is 2.68. The lowest BCUT2D eigenvalue weighted by Gasteiger charge is -2.39. The first-order valence-corrected chi connectivity index (χ1v) is 9.56. The zero-order valence-corrected chi connectivity index (χ0v) is 16.5. The first-order chi connectivity index (χ1) is 12.2. The van der Waals surface area contributed by atoms with Gasteiger partial charge in [0.25, 0.3) is 0 Å². The van der Waals surface area contributed by atoms with Gasteiger partial charge in [-0.1, -0.05) is 0 Å². The Morgan fingerprint density at radius 3 is 2.50 bits per heavy atom. The van der Waals surface area contributed by atoms with Gasteiger partial charge in [0.2, 0.25) is 0 Å². The number of anilines is 1. The van der Waals surface area contributed by atoms with Crippen LogP contribution in [0.1, 0.15) is 19.5 Å². The van der Waals surface area contributed by atoms with Crippen molar-refractivity contribution in [2.45, 2.75) is 32.6 Å². The Hall–Kier alpha value is -1.55. The van der Waals surface area contributed by atoms with Gasteiger partial charge in [-0.15, -0.1) is 11.3 Å². The highest BCUT2D eigenvalue weighted by atomic mass is 32.1. The molecule has 1 aliphatic heterocycles. The maximum absolute atomic E-state index is 12.9. The van der Waals surface area contributed by atoms with Crippen molar-refractivity contribution in [1.82, 2.24) is 20.1 Å². The van der Waals surface area contributed by atoms with Crippen molar-refractivity contribution in [3.05, 3.63) is 11.1 Å². The number of alkyl halides is 3. The van der Waals surface area contributed by atoms with E-state index < -0.39 is 12.2 Å². The van der Waals surface area contributed by atoms with E-state index >= 15 is 0 Å². The van der Waals surface area contributed by atoms with E-state index in [1.54, 1.807) is 11.3 Å². The second kappa shape index (κ2) is 8.90. The molecule has 6 nitrogen and oxygen atoms in total. The third kappa shape index (κ3) is 5.47. The van der Waals surface area contributed by atoms with Gasteiger partial charge in [-0.25, -0.2) is 9.98 Å². The Balaban J connectivity index is 1.97. The lowest BCUT2D eigenvalue weighted by Crippen LogP contribution is -2.56. The summed E-state index contributed by atoms with van der Waals surface area (Å²) >= 11 is 1.56. The molecule has 0 aromatic carbocycles. The van der Waals surface area contributed by atoms with Crippen LogP contribution in [0.2, 0.25) is 0 Å². The van der Waals surface area contributed by atoms with Gasteiger partial charge >= 0.3 is 6.18 Å². The van der Waals surface area contributed by atoms with E-state index in [4.69, 9.17) is 0 Å². The smallest absolute Gasteiger partial charge is 0.357 e. The van der Waals surface area contributed by atoms with E-state index in [2.05, 4.69) is 15.3 Å². The van der Waals surface area contributed by atoms with E-state index in [-0.39, 0.29) is 0 Å².